The van der Waals surface area contributed by atoms with Crippen LogP contribution in [0.15, 0.2) is 30.3 Å². The van der Waals surface area contributed by atoms with Crippen molar-refractivity contribution >= 4 is 17.4 Å². The lowest BCUT2D eigenvalue weighted by Crippen LogP contribution is -2.34. The molecule has 0 bridgehead atoms. The first kappa shape index (κ1) is 14.2. The molecule has 0 saturated carbocycles. The van der Waals surface area contributed by atoms with Crippen LogP contribution < -0.4 is 0 Å². The van der Waals surface area contributed by atoms with Gasteiger partial charge >= 0.3 is 0 Å². The zero-order valence-corrected chi connectivity index (χ0v) is 10.9. The fourth-order valence-electron chi connectivity index (χ4n) is 1.82. The molecular weight excluding hydrogens is 236 g/mol. The van der Waals surface area contributed by atoms with Gasteiger partial charge in [0.15, 0.2) is 0 Å². The molecule has 1 atom stereocenters. The zero-order valence-electron chi connectivity index (χ0n) is 10.2. The summed E-state index contributed by atoms with van der Waals surface area (Å²) in [6, 6.07) is 9.77. The molecule has 0 amide bonds. The van der Waals surface area contributed by atoms with E-state index in [1.54, 1.807) is 0 Å². The molecule has 0 saturated heterocycles. The van der Waals surface area contributed by atoms with Gasteiger partial charge in [0.25, 0.3) is 0 Å². The van der Waals surface area contributed by atoms with Crippen LogP contribution in [-0.4, -0.2) is 23.4 Å². The van der Waals surface area contributed by atoms with Crippen LogP contribution in [-0.2, 0) is 11.2 Å². The van der Waals surface area contributed by atoms with E-state index in [2.05, 4.69) is 0 Å². The van der Waals surface area contributed by atoms with Crippen molar-refractivity contribution in [1.82, 2.24) is 0 Å². The highest BCUT2D eigenvalue weighted by Gasteiger charge is 2.31. The van der Waals surface area contributed by atoms with Gasteiger partial charge in [0, 0.05) is 12.3 Å². The molecule has 1 aromatic rings. The highest BCUT2D eigenvalue weighted by atomic mass is 35.5. The summed E-state index contributed by atoms with van der Waals surface area (Å²) in [7, 11) is 0. The van der Waals surface area contributed by atoms with Gasteiger partial charge in [-0.2, -0.15) is 0 Å². The Morgan fingerprint density at radius 3 is 2.53 bits per heavy atom. The molecule has 17 heavy (non-hydrogen) atoms. The largest absolute Gasteiger partial charge is 0.395 e. The Kier molecular flexibility index (Phi) is 5.66. The van der Waals surface area contributed by atoms with Crippen LogP contribution in [0.3, 0.4) is 0 Å². The first-order chi connectivity index (χ1) is 8.12. The molecule has 1 aromatic carbocycles. The van der Waals surface area contributed by atoms with Crippen LogP contribution in [0.1, 0.15) is 25.3 Å². The molecule has 0 aromatic heterocycles. The van der Waals surface area contributed by atoms with Crippen molar-refractivity contribution in [2.45, 2.75) is 26.2 Å². The number of halogens is 1. The third kappa shape index (κ3) is 4.14. The van der Waals surface area contributed by atoms with Gasteiger partial charge in [-0.15, -0.1) is 11.6 Å². The molecule has 0 heterocycles. The Morgan fingerprint density at radius 2 is 2.00 bits per heavy atom. The number of hydrogen-bond acceptors (Lipinski definition) is 2. The fourth-order valence-corrected chi connectivity index (χ4v) is 1.95. The molecule has 0 aliphatic carbocycles. The summed E-state index contributed by atoms with van der Waals surface area (Å²) >= 11 is 5.58. The van der Waals surface area contributed by atoms with Gasteiger partial charge in [0.05, 0.1) is 12.0 Å². The van der Waals surface area contributed by atoms with Gasteiger partial charge in [-0.05, 0) is 18.4 Å². The highest BCUT2D eigenvalue weighted by molar-refractivity contribution is 6.17. The molecule has 0 spiro atoms. The number of ketones is 1. The van der Waals surface area contributed by atoms with Crippen molar-refractivity contribution in [2.75, 3.05) is 12.5 Å². The van der Waals surface area contributed by atoms with Crippen LogP contribution >= 0.6 is 11.6 Å². The zero-order chi connectivity index (χ0) is 12.7. The van der Waals surface area contributed by atoms with E-state index >= 15 is 0 Å². The van der Waals surface area contributed by atoms with E-state index < -0.39 is 5.41 Å². The minimum atomic E-state index is -0.687. The molecule has 1 rings (SSSR count). The average molecular weight is 255 g/mol. The number of carbonyl (C=O) groups excluding carboxylic acids is 1. The Labute approximate surface area is 108 Å². The van der Waals surface area contributed by atoms with Crippen molar-refractivity contribution < 1.29 is 9.90 Å². The van der Waals surface area contributed by atoms with Crippen LogP contribution in [0.25, 0.3) is 0 Å². The highest BCUT2D eigenvalue weighted by Crippen LogP contribution is 2.25. The number of hydrogen-bond donors (Lipinski definition) is 1. The van der Waals surface area contributed by atoms with E-state index in [-0.39, 0.29) is 12.4 Å². The number of aliphatic hydroxyl groups excluding tert-OH is 1. The van der Waals surface area contributed by atoms with E-state index in [0.29, 0.717) is 25.1 Å². The van der Waals surface area contributed by atoms with Crippen molar-refractivity contribution in [3.63, 3.8) is 0 Å². The van der Waals surface area contributed by atoms with E-state index in [1.165, 1.54) is 0 Å². The number of alkyl halides is 1. The lowest BCUT2D eigenvalue weighted by molar-refractivity contribution is -0.130. The lowest BCUT2D eigenvalue weighted by atomic mass is 9.79. The molecule has 94 valence electrons. The maximum absolute atomic E-state index is 12.0. The SMILES string of the molecule is CC(CO)(Cc1ccccc1)C(=O)CCCCl. The maximum Gasteiger partial charge on any atom is 0.141 e. The number of aliphatic hydroxyl groups is 1. The van der Waals surface area contributed by atoms with Crippen LogP contribution in [0.4, 0.5) is 0 Å². The first-order valence-corrected chi connectivity index (χ1v) is 6.40. The van der Waals surface area contributed by atoms with Gasteiger partial charge in [-0.25, -0.2) is 0 Å². The predicted molar refractivity (Wildman–Crippen MR) is 70.3 cm³/mol. The molecule has 0 fully saturated rings. The fraction of sp³-hybridized carbons (Fsp3) is 0.500. The Morgan fingerprint density at radius 1 is 1.35 bits per heavy atom. The van der Waals surface area contributed by atoms with Crippen LogP contribution in [0.2, 0.25) is 0 Å². The number of rotatable bonds is 7. The molecule has 2 nitrogen and oxygen atoms in total. The molecule has 3 heteroatoms. The second-order valence-corrected chi connectivity index (χ2v) is 4.97. The van der Waals surface area contributed by atoms with Crippen molar-refractivity contribution in [2.24, 2.45) is 5.41 Å². The quantitative estimate of drug-likeness (QED) is 0.760. The van der Waals surface area contributed by atoms with Crippen molar-refractivity contribution in [3.8, 4) is 0 Å². The van der Waals surface area contributed by atoms with Gasteiger partial charge in [0.1, 0.15) is 5.78 Å². The summed E-state index contributed by atoms with van der Waals surface area (Å²) in [6.45, 7) is 1.69. The van der Waals surface area contributed by atoms with Crippen molar-refractivity contribution in [1.29, 1.82) is 0 Å². The topological polar surface area (TPSA) is 37.3 Å². The Hall–Kier alpha value is -0.860. The van der Waals surface area contributed by atoms with E-state index in [1.807, 2.05) is 37.3 Å². The van der Waals surface area contributed by atoms with Crippen molar-refractivity contribution in [3.05, 3.63) is 35.9 Å². The van der Waals surface area contributed by atoms with Gasteiger partial charge in [-0.3, -0.25) is 4.79 Å². The summed E-state index contributed by atoms with van der Waals surface area (Å²) < 4.78 is 0. The smallest absolute Gasteiger partial charge is 0.141 e. The maximum atomic E-state index is 12.0. The molecular formula is C14H19ClO2. The summed E-state index contributed by atoms with van der Waals surface area (Å²) in [5, 5.41) is 9.46. The Balaban J connectivity index is 2.71. The van der Waals surface area contributed by atoms with Crippen LogP contribution in [0, 0.1) is 5.41 Å². The molecule has 1 N–H and O–H groups in total. The molecule has 1 unspecified atom stereocenters. The van der Waals surface area contributed by atoms with E-state index in [0.717, 1.165) is 5.56 Å². The second-order valence-electron chi connectivity index (χ2n) is 4.60. The third-order valence-corrected chi connectivity index (χ3v) is 3.26. The second kappa shape index (κ2) is 6.77. The molecule has 0 radical (unpaired) electrons. The van der Waals surface area contributed by atoms with Gasteiger partial charge < -0.3 is 5.11 Å². The normalized spacial score (nSPS) is 14.3. The van der Waals surface area contributed by atoms with Crippen LogP contribution in [0.5, 0.6) is 0 Å². The summed E-state index contributed by atoms with van der Waals surface area (Å²) in [4.78, 5) is 12.0. The monoisotopic (exact) mass is 254 g/mol. The van der Waals surface area contributed by atoms with E-state index in [9.17, 15) is 9.90 Å². The average Bonchev–Trinajstić information content (AvgIpc) is 2.36. The predicted octanol–water partition coefficient (Wildman–Crippen LogP) is 2.82. The van der Waals surface area contributed by atoms with Gasteiger partial charge in [-0.1, -0.05) is 37.3 Å². The lowest BCUT2D eigenvalue weighted by Gasteiger charge is -2.25. The van der Waals surface area contributed by atoms with E-state index in [4.69, 9.17) is 11.6 Å². The minimum absolute atomic E-state index is 0.0875. The molecule has 0 aliphatic rings. The summed E-state index contributed by atoms with van der Waals surface area (Å²) in [5.41, 5.74) is 0.385. The number of benzene rings is 1. The minimum Gasteiger partial charge on any atom is -0.395 e. The number of Topliss-reactive ketones (excluding diaryl/α,β-unsaturated/α-hetero) is 1. The molecule has 0 aliphatic heterocycles. The Bertz CT molecular complexity index is 350. The summed E-state index contributed by atoms with van der Waals surface area (Å²) in [6.07, 6.45) is 1.68. The summed E-state index contributed by atoms with van der Waals surface area (Å²) in [5.74, 6) is 0.572. The van der Waals surface area contributed by atoms with Gasteiger partial charge in [0.2, 0.25) is 0 Å². The number of carbonyl (C=O) groups is 1. The third-order valence-electron chi connectivity index (χ3n) is 3.00. The first-order valence-electron chi connectivity index (χ1n) is 5.86. The standard InChI is InChI=1S/C14H19ClO2/c1-14(11-16,13(17)8-5-9-15)10-12-6-3-2-4-7-12/h2-4,6-7,16H,5,8-11H2,1H3.